The monoisotopic (exact) mass is 322 g/mol. The van der Waals surface area contributed by atoms with Gasteiger partial charge >= 0.3 is 5.97 Å². The van der Waals surface area contributed by atoms with Gasteiger partial charge in [-0.15, -0.1) is 0 Å². The van der Waals surface area contributed by atoms with Gasteiger partial charge in [-0.2, -0.15) is 0 Å². The van der Waals surface area contributed by atoms with E-state index in [9.17, 15) is 14.3 Å². The molecule has 0 saturated carbocycles. The van der Waals surface area contributed by atoms with E-state index in [1.165, 1.54) is 12.1 Å². The van der Waals surface area contributed by atoms with E-state index in [2.05, 4.69) is 9.55 Å². The van der Waals surface area contributed by atoms with E-state index in [0.29, 0.717) is 16.7 Å². The lowest BCUT2D eigenvalue weighted by Crippen LogP contribution is -2.01. The van der Waals surface area contributed by atoms with Crippen LogP contribution in [0.1, 0.15) is 22.5 Å². The number of benzene rings is 1. The Balaban J connectivity index is 2.07. The smallest absolute Gasteiger partial charge is 0.338 e. The van der Waals surface area contributed by atoms with Crippen LogP contribution in [-0.4, -0.2) is 20.6 Å². The van der Waals surface area contributed by atoms with Crippen LogP contribution in [0.15, 0.2) is 48.8 Å². The average Bonchev–Trinajstić information content (AvgIpc) is 3.16. The van der Waals surface area contributed by atoms with Gasteiger partial charge in [-0.3, -0.25) is 4.98 Å². The first-order chi connectivity index (χ1) is 11.7. The second-order valence-electron chi connectivity index (χ2n) is 5.85. The van der Waals surface area contributed by atoms with Crippen LogP contribution in [0.25, 0.3) is 22.4 Å². The minimum absolute atomic E-state index is 0.325. The van der Waals surface area contributed by atoms with E-state index in [0.717, 1.165) is 36.3 Å². The second kappa shape index (κ2) is 5.60. The van der Waals surface area contributed by atoms with Crippen LogP contribution in [0.2, 0.25) is 0 Å². The first-order valence-electron chi connectivity index (χ1n) is 7.82. The zero-order valence-electron chi connectivity index (χ0n) is 12.9. The molecule has 0 amide bonds. The number of hydrogen-bond donors (Lipinski definition) is 1. The Morgan fingerprint density at radius 1 is 1.08 bits per heavy atom. The lowest BCUT2D eigenvalue weighted by atomic mass is 9.96. The van der Waals surface area contributed by atoms with Crippen molar-refractivity contribution in [3.8, 4) is 22.4 Å². The summed E-state index contributed by atoms with van der Waals surface area (Å²) in [6.45, 7) is 0.786. The van der Waals surface area contributed by atoms with Crippen molar-refractivity contribution in [2.75, 3.05) is 0 Å². The number of pyridine rings is 1. The molecule has 24 heavy (non-hydrogen) atoms. The zero-order chi connectivity index (χ0) is 16.7. The molecule has 2 aromatic heterocycles. The molecular formula is C19H15FN2O2. The Labute approximate surface area is 138 Å². The third-order valence-electron chi connectivity index (χ3n) is 4.47. The van der Waals surface area contributed by atoms with Gasteiger partial charge in [0.15, 0.2) is 0 Å². The van der Waals surface area contributed by atoms with Crippen molar-refractivity contribution in [2.45, 2.75) is 19.4 Å². The molecule has 0 saturated heterocycles. The van der Waals surface area contributed by atoms with Crippen LogP contribution in [-0.2, 0) is 13.0 Å². The quantitative estimate of drug-likeness (QED) is 0.793. The van der Waals surface area contributed by atoms with E-state index in [1.807, 2.05) is 12.1 Å². The van der Waals surface area contributed by atoms with Crippen molar-refractivity contribution in [3.63, 3.8) is 0 Å². The van der Waals surface area contributed by atoms with Crippen molar-refractivity contribution in [1.29, 1.82) is 0 Å². The molecule has 0 aliphatic carbocycles. The molecule has 0 bridgehead atoms. The molecule has 5 heteroatoms. The summed E-state index contributed by atoms with van der Waals surface area (Å²) in [4.78, 5) is 16.0. The van der Waals surface area contributed by atoms with Gasteiger partial charge in [0.05, 0.1) is 11.3 Å². The fourth-order valence-corrected chi connectivity index (χ4v) is 3.52. The molecule has 1 aliphatic heterocycles. The highest BCUT2D eigenvalue weighted by molar-refractivity contribution is 6.03. The zero-order valence-corrected chi connectivity index (χ0v) is 12.9. The van der Waals surface area contributed by atoms with E-state index >= 15 is 0 Å². The third kappa shape index (κ3) is 2.21. The minimum Gasteiger partial charge on any atom is -0.478 e. The van der Waals surface area contributed by atoms with Gasteiger partial charge in [0, 0.05) is 35.8 Å². The predicted octanol–water partition coefficient (Wildman–Crippen LogP) is 4.00. The largest absolute Gasteiger partial charge is 0.478 e. The number of aromatic carboxylic acids is 1. The summed E-state index contributed by atoms with van der Waals surface area (Å²) < 4.78 is 15.4. The number of rotatable bonds is 3. The summed E-state index contributed by atoms with van der Waals surface area (Å²) >= 11 is 0. The topological polar surface area (TPSA) is 55.1 Å². The molecule has 4 rings (SSSR count). The van der Waals surface area contributed by atoms with E-state index in [1.54, 1.807) is 24.5 Å². The normalized spacial score (nSPS) is 13.0. The Morgan fingerprint density at radius 2 is 1.79 bits per heavy atom. The van der Waals surface area contributed by atoms with Crippen LogP contribution < -0.4 is 0 Å². The van der Waals surface area contributed by atoms with Gasteiger partial charge in [-0.25, -0.2) is 9.18 Å². The van der Waals surface area contributed by atoms with Gasteiger partial charge < -0.3 is 9.67 Å². The predicted molar refractivity (Wildman–Crippen MR) is 88.3 cm³/mol. The summed E-state index contributed by atoms with van der Waals surface area (Å²) in [6, 6.07) is 9.74. The summed E-state index contributed by atoms with van der Waals surface area (Å²) in [7, 11) is 0. The number of aromatic nitrogens is 2. The van der Waals surface area contributed by atoms with Crippen molar-refractivity contribution >= 4 is 5.97 Å². The van der Waals surface area contributed by atoms with Gasteiger partial charge in [-0.1, -0.05) is 12.1 Å². The molecule has 0 spiro atoms. The van der Waals surface area contributed by atoms with Crippen molar-refractivity contribution in [3.05, 3.63) is 65.9 Å². The van der Waals surface area contributed by atoms with E-state index < -0.39 is 5.97 Å². The molecule has 3 heterocycles. The van der Waals surface area contributed by atoms with Crippen LogP contribution >= 0.6 is 0 Å². The maximum Gasteiger partial charge on any atom is 0.338 e. The van der Waals surface area contributed by atoms with Crippen molar-refractivity contribution in [1.82, 2.24) is 9.55 Å². The molecule has 1 aliphatic rings. The van der Waals surface area contributed by atoms with Crippen LogP contribution in [0, 0.1) is 5.82 Å². The van der Waals surface area contributed by atoms with E-state index in [-0.39, 0.29) is 5.82 Å². The molecule has 0 atom stereocenters. The van der Waals surface area contributed by atoms with Crippen LogP contribution in [0.4, 0.5) is 4.39 Å². The highest BCUT2D eigenvalue weighted by Gasteiger charge is 2.30. The lowest BCUT2D eigenvalue weighted by molar-refractivity contribution is 0.0696. The molecule has 0 unspecified atom stereocenters. The summed E-state index contributed by atoms with van der Waals surface area (Å²) in [5, 5.41) is 9.81. The standard InChI is InChI=1S/C19H15FN2O2/c20-14-5-3-12(4-6-14)16-17(19(23)24)15-2-1-11-22(15)18(16)13-7-9-21-10-8-13/h3-10H,1-2,11H2,(H,23,24). The Morgan fingerprint density at radius 3 is 2.46 bits per heavy atom. The fraction of sp³-hybridized carbons (Fsp3) is 0.158. The number of nitrogens with zero attached hydrogens (tertiary/aromatic N) is 2. The second-order valence-corrected chi connectivity index (χ2v) is 5.85. The number of carboxylic acids is 1. The summed E-state index contributed by atoms with van der Waals surface area (Å²) in [6.07, 6.45) is 5.05. The molecular weight excluding hydrogens is 307 g/mol. The number of hydrogen-bond acceptors (Lipinski definition) is 2. The SMILES string of the molecule is O=C(O)c1c(-c2ccc(F)cc2)c(-c2ccncc2)n2c1CCC2. The molecule has 1 aromatic carbocycles. The molecule has 120 valence electrons. The van der Waals surface area contributed by atoms with Gasteiger partial charge in [-0.05, 0) is 42.7 Å². The molecule has 1 N–H and O–H groups in total. The fourth-order valence-electron chi connectivity index (χ4n) is 3.52. The first kappa shape index (κ1) is 14.6. The number of fused-ring (bicyclic) bond motifs is 1. The summed E-state index contributed by atoms with van der Waals surface area (Å²) in [5.41, 5.74) is 4.32. The summed E-state index contributed by atoms with van der Waals surface area (Å²) in [5.74, 6) is -1.28. The highest BCUT2D eigenvalue weighted by Crippen LogP contribution is 2.41. The maximum absolute atomic E-state index is 13.3. The Kier molecular flexibility index (Phi) is 3.41. The van der Waals surface area contributed by atoms with Gasteiger partial charge in [0.25, 0.3) is 0 Å². The van der Waals surface area contributed by atoms with Gasteiger partial charge in [0.1, 0.15) is 5.82 Å². The van der Waals surface area contributed by atoms with Crippen LogP contribution in [0.5, 0.6) is 0 Å². The number of carbonyl (C=O) groups is 1. The molecule has 4 nitrogen and oxygen atoms in total. The molecule has 3 aromatic rings. The third-order valence-corrected chi connectivity index (χ3v) is 4.47. The van der Waals surface area contributed by atoms with Crippen molar-refractivity contribution < 1.29 is 14.3 Å². The number of carboxylic acid groups (broad SMARTS) is 1. The highest BCUT2D eigenvalue weighted by atomic mass is 19.1. The lowest BCUT2D eigenvalue weighted by Gasteiger charge is -2.10. The average molecular weight is 322 g/mol. The minimum atomic E-state index is -0.944. The van der Waals surface area contributed by atoms with Crippen LogP contribution in [0.3, 0.4) is 0 Å². The van der Waals surface area contributed by atoms with Crippen molar-refractivity contribution in [2.24, 2.45) is 0 Å². The maximum atomic E-state index is 13.3. The Hall–Kier alpha value is -2.95. The van der Waals surface area contributed by atoms with E-state index in [4.69, 9.17) is 0 Å². The Bertz CT molecular complexity index is 915. The molecule has 0 fully saturated rings. The molecule has 0 radical (unpaired) electrons. The van der Waals surface area contributed by atoms with Gasteiger partial charge in [0.2, 0.25) is 0 Å². The first-order valence-corrected chi connectivity index (χ1v) is 7.82. The number of halogens is 1.